The van der Waals surface area contributed by atoms with Gasteiger partial charge in [0.05, 0.1) is 4.90 Å². The first-order valence-electron chi connectivity index (χ1n) is 6.82. The molecule has 0 saturated carbocycles. The Morgan fingerprint density at radius 2 is 2.00 bits per heavy atom. The van der Waals surface area contributed by atoms with Crippen molar-refractivity contribution in [2.45, 2.75) is 24.8 Å². The highest BCUT2D eigenvalue weighted by Gasteiger charge is 2.13. The van der Waals surface area contributed by atoms with Crippen molar-refractivity contribution in [2.75, 3.05) is 11.9 Å². The summed E-state index contributed by atoms with van der Waals surface area (Å²) in [6.07, 6.45) is 4.15. The van der Waals surface area contributed by atoms with Crippen LogP contribution in [0.5, 0.6) is 0 Å². The molecule has 1 amide bonds. The van der Waals surface area contributed by atoms with E-state index >= 15 is 0 Å². The zero-order valence-corrected chi connectivity index (χ0v) is 13.0. The molecule has 0 aliphatic heterocycles. The summed E-state index contributed by atoms with van der Waals surface area (Å²) in [5.41, 5.74) is 0.560. The highest BCUT2D eigenvalue weighted by atomic mass is 32.2. The monoisotopic (exact) mass is 322 g/mol. The van der Waals surface area contributed by atoms with Crippen molar-refractivity contribution in [3.63, 3.8) is 0 Å². The number of hydrogen-bond acceptors (Lipinski definition) is 4. The molecule has 0 spiro atoms. The third-order valence-electron chi connectivity index (χ3n) is 2.90. The quantitative estimate of drug-likeness (QED) is 0.749. The molecule has 2 aromatic rings. The maximum Gasteiger partial charge on any atom is 0.240 e. The zero-order chi connectivity index (χ0) is 16.0. The number of carbonyl (C=O) groups excluding carboxylic acids is 1. The lowest BCUT2D eigenvalue weighted by molar-refractivity contribution is -0.114. The molecule has 0 radical (unpaired) electrons. The minimum atomic E-state index is -3.54. The topological polar surface area (TPSA) is 93.1 Å². The fraction of sp³-hybridized carbons (Fsp3) is 0.286. The molecule has 7 nitrogen and oxygen atoms in total. The number of nitrogens with zero attached hydrogens (tertiary/aromatic N) is 2. The fourth-order valence-electron chi connectivity index (χ4n) is 1.88. The maximum atomic E-state index is 12.1. The number of aryl methyl sites for hydroxylation is 1. The van der Waals surface area contributed by atoms with E-state index in [0.29, 0.717) is 25.2 Å². The van der Waals surface area contributed by atoms with Gasteiger partial charge in [-0.1, -0.05) is 0 Å². The highest BCUT2D eigenvalue weighted by Crippen LogP contribution is 2.13. The molecule has 1 aromatic carbocycles. The van der Waals surface area contributed by atoms with Crippen LogP contribution in [-0.4, -0.2) is 30.7 Å². The second-order valence-corrected chi connectivity index (χ2v) is 6.49. The van der Waals surface area contributed by atoms with Gasteiger partial charge in [-0.15, -0.1) is 0 Å². The van der Waals surface area contributed by atoms with Crippen LogP contribution in [-0.2, 0) is 21.4 Å². The predicted molar refractivity (Wildman–Crippen MR) is 82.8 cm³/mol. The van der Waals surface area contributed by atoms with Crippen molar-refractivity contribution >= 4 is 21.6 Å². The van der Waals surface area contributed by atoms with E-state index in [2.05, 4.69) is 15.1 Å². The highest BCUT2D eigenvalue weighted by molar-refractivity contribution is 7.89. The molecular formula is C14H18N4O3S. The van der Waals surface area contributed by atoms with Crippen LogP contribution in [0.15, 0.2) is 47.6 Å². The Hall–Kier alpha value is -2.19. The van der Waals surface area contributed by atoms with Crippen LogP contribution in [0.1, 0.15) is 13.3 Å². The molecular weight excluding hydrogens is 304 g/mol. The summed E-state index contributed by atoms with van der Waals surface area (Å²) in [6.45, 7) is 2.37. The molecule has 0 bridgehead atoms. The number of rotatable bonds is 7. The van der Waals surface area contributed by atoms with E-state index in [9.17, 15) is 13.2 Å². The van der Waals surface area contributed by atoms with Gasteiger partial charge in [-0.2, -0.15) is 5.10 Å². The van der Waals surface area contributed by atoms with E-state index in [1.54, 1.807) is 23.0 Å². The van der Waals surface area contributed by atoms with Gasteiger partial charge in [0.25, 0.3) is 0 Å². The molecule has 2 rings (SSSR count). The molecule has 0 atom stereocenters. The summed E-state index contributed by atoms with van der Waals surface area (Å²) in [6, 6.07) is 7.85. The second-order valence-electron chi connectivity index (χ2n) is 4.73. The maximum absolute atomic E-state index is 12.1. The van der Waals surface area contributed by atoms with Gasteiger partial charge in [-0.05, 0) is 36.8 Å². The minimum Gasteiger partial charge on any atom is -0.326 e. The van der Waals surface area contributed by atoms with Gasteiger partial charge in [0, 0.05) is 38.1 Å². The van der Waals surface area contributed by atoms with Crippen molar-refractivity contribution in [3.8, 4) is 0 Å². The number of nitrogens with one attached hydrogen (secondary N) is 2. The molecule has 118 valence electrons. The zero-order valence-electron chi connectivity index (χ0n) is 12.2. The number of amides is 1. The molecule has 2 N–H and O–H groups in total. The van der Waals surface area contributed by atoms with E-state index in [0.717, 1.165) is 0 Å². The fourth-order valence-corrected chi connectivity index (χ4v) is 2.96. The first-order valence-corrected chi connectivity index (χ1v) is 8.30. The molecule has 0 aliphatic carbocycles. The Bertz CT molecular complexity index is 709. The third-order valence-corrected chi connectivity index (χ3v) is 4.38. The number of carbonyl (C=O) groups is 1. The molecule has 0 unspecified atom stereocenters. The van der Waals surface area contributed by atoms with Crippen molar-refractivity contribution in [2.24, 2.45) is 0 Å². The SMILES string of the molecule is CC(=O)Nc1ccc(S(=O)(=O)NCCCn2cccn2)cc1. The average molecular weight is 322 g/mol. The lowest BCUT2D eigenvalue weighted by Gasteiger charge is -2.08. The van der Waals surface area contributed by atoms with E-state index in [1.807, 2.05) is 12.3 Å². The lowest BCUT2D eigenvalue weighted by Crippen LogP contribution is -2.25. The number of benzene rings is 1. The molecule has 0 saturated heterocycles. The summed E-state index contributed by atoms with van der Waals surface area (Å²) in [7, 11) is -3.54. The van der Waals surface area contributed by atoms with Gasteiger partial charge in [0.15, 0.2) is 0 Å². The lowest BCUT2D eigenvalue weighted by atomic mass is 10.3. The number of hydrogen-bond donors (Lipinski definition) is 2. The van der Waals surface area contributed by atoms with Crippen LogP contribution in [0, 0.1) is 0 Å². The summed E-state index contributed by atoms with van der Waals surface area (Å²) >= 11 is 0. The summed E-state index contributed by atoms with van der Waals surface area (Å²) in [4.78, 5) is 11.1. The normalized spacial score (nSPS) is 11.3. The Morgan fingerprint density at radius 1 is 1.27 bits per heavy atom. The molecule has 0 fully saturated rings. The van der Waals surface area contributed by atoms with Gasteiger partial charge in [0.1, 0.15) is 0 Å². The molecule has 1 aromatic heterocycles. The van der Waals surface area contributed by atoms with Crippen LogP contribution in [0.2, 0.25) is 0 Å². The Balaban J connectivity index is 1.88. The third kappa shape index (κ3) is 4.68. The van der Waals surface area contributed by atoms with E-state index in [4.69, 9.17) is 0 Å². The van der Waals surface area contributed by atoms with Crippen molar-refractivity contribution < 1.29 is 13.2 Å². The Labute approximate surface area is 129 Å². The van der Waals surface area contributed by atoms with Crippen molar-refractivity contribution in [3.05, 3.63) is 42.7 Å². The van der Waals surface area contributed by atoms with Crippen molar-refractivity contribution in [1.29, 1.82) is 0 Å². The predicted octanol–water partition coefficient (Wildman–Crippen LogP) is 1.21. The van der Waals surface area contributed by atoms with Gasteiger partial charge in [0.2, 0.25) is 15.9 Å². The van der Waals surface area contributed by atoms with Gasteiger partial charge >= 0.3 is 0 Å². The summed E-state index contributed by atoms with van der Waals surface area (Å²) in [5, 5.41) is 6.63. The van der Waals surface area contributed by atoms with Crippen LogP contribution in [0.4, 0.5) is 5.69 Å². The molecule has 22 heavy (non-hydrogen) atoms. The smallest absolute Gasteiger partial charge is 0.240 e. The molecule has 1 heterocycles. The van der Waals surface area contributed by atoms with E-state index in [-0.39, 0.29) is 10.8 Å². The minimum absolute atomic E-state index is 0.167. The van der Waals surface area contributed by atoms with Crippen LogP contribution in [0.25, 0.3) is 0 Å². The standard InChI is InChI=1S/C14H18N4O3S/c1-12(19)17-13-4-6-14(7-5-13)22(20,21)16-9-3-11-18-10-2-8-15-18/h2,4-8,10,16H,3,9,11H2,1H3,(H,17,19). The number of anilines is 1. The Kier molecular flexibility index (Phi) is 5.29. The summed E-state index contributed by atoms with van der Waals surface area (Å²) in [5.74, 6) is -0.202. The first kappa shape index (κ1) is 16.2. The van der Waals surface area contributed by atoms with Crippen LogP contribution < -0.4 is 10.0 Å². The van der Waals surface area contributed by atoms with Crippen LogP contribution in [0.3, 0.4) is 0 Å². The van der Waals surface area contributed by atoms with E-state index in [1.165, 1.54) is 19.1 Å². The molecule has 8 heteroatoms. The molecule has 0 aliphatic rings. The van der Waals surface area contributed by atoms with Gasteiger partial charge in [-0.25, -0.2) is 13.1 Å². The number of sulfonamides is 1. The Morgan fingerprint density at radius 3 is 2.59 bits per heavy atom. The van der Waals surface area contributed by atoms with Crippen molar-refractivity contribution in [1.82, 2.24) is 14.5 Å². The van der Waals surface area contributed by atoms with Gasteiger partial charge in [-0.3, -0.25) is 9.48 Å². The summed E-state index contributed by atoms with van der Waals surface area (Å²) < 4.78 is 28.5. The average Bonchev–Trinajstić information content (AvgIpc) is 2.97. The van der Waals surface area contributed by atoms with Gasteiger partial charge < -0.3 is 5.32 Å². The largest absolute Gasteiger partial charge is 0.326 e. The second kappa shape index (κ2) is 7.19. The number of aromatic nitrogens is 2. The van der Waals surface area contributed by atoms with E-state index < -0.39 is 10.0 Å². The van der Waals surface area contributed by atoms with Crippen LogP contribution >= 0.6 is 0 Å². The first-order chi connectivity index (χ1) is 10.5.